The Labute approximate surface area is 228 Å². The summed E-state index contributed by atoms with van der Waals surface area (Å²) in [6.45, 7) is 6.83. The topological polar surface area (TPSA) is 43.1 Å². The van der Waals surface area contributed by atoms with Crippen molar-refractivity contribution < 1.29 is 4.79 Å². The number of carbonyl (C=O) groups is 1. The average Bonchev–Trinajstić information content (AvgIpc) is 2.87. The molecular formula is C34H67NO. The Hall–Kier alpha value is -0.790. The van der Waals surface area contributed by atoms with Crippen LogP contribution in [0, 0.1) is 0 Å². The van der Waals surface area contributed by atoms with E-state index in [0.29, 0.717) is 0 Å². The third kappa shape index (κ3) is 23.6. The first-order valence-electron chi connectivity index (χ1n) is 16.7. The van der Waals surface area contributed by atoms with Crippen molar-refractivity contribution in [2.45, 2.75) is 201 Å². The van der Waals surface area contributed by atoms with E-state index in [1.54, 1.807) is 0 Å². The standard InChI is InChI=1S/C34H67NO/c1-4-7-10-13-16-17-18-19-20-21-22-24-27-30-32(29-26-23-14-11-8-5-2)33(34(35)36)31-28-25-15-12-9-6-3/h4-31H2,1-3H3,(H2,35,36). The van der Waals surface area contributed by atoms with Gasteiger partial charge < -0.3 is 5.73 Å². The number of allylic oxidation sites excluding steroid dienone is 1. The first kappa shape index (κ1) is 35.2. The molecule has 0 saturated carbocycles. The summed E-state index contributed by atoms with van der Waals surface area (Å²) in [7, 11) is 0. The molecule has 0 aliphatic carbocycles. The SMILES string of the molecule is CCCCCCCCCCCCCCCC(CCCCCCCC)=C(CCCCCCCC)C(N)=O. The molecule has 0 saturated heterocycles. The maximum atomic E-state index is 12.4. The molecule has 0 aliphatic rings. The fraction of sp³-hybridized carbons (Fsp3) is 0.912. The van der Waals surface area contributed by atoms with Crippen LogP contribution in [0.1, 0.15) is 201 Å². The second-order valence-corrected chi connectivity index (χ2v) is 11.5. The second kappa shape index (κ2) is 28.8. The summed E-state index contributed by atoms with van der Waals surface area (Å²) in [6, 6.07) is 0. The van der Waals surface area contributed by atoms with E-state index in [4.69, 9.17) is 5.73 Å². The van der Waals surface area contributed by atoms with Crippen LogP contribution in [0.15, 0.2) is 11.1 Å². The van der Waals surface area contributed by atoms with Crippen molar-refractivity contribution in [2.75, 3.05) is 0 Å². The Bertz CT molecular complexity index is 495. The minimum absolute atomic E-state index is 0.140. The van der Waals surface area contributed by atoms with E-state index in [-0.39, 0.29) is 5.91 Å². The molecule has 0 heterocycles. The van der Waals surface area contributed by atoms with Crippen molar-refractivity contribution in [2.24, 2.45) is 5.73 Å². The summed E-state index contributed by atoms with van der Waals surface area (Å²) in [4.78, 5) is 12.4. The van der Waals surface area contributed by atoms with Gasteiger partial charge in [-0.2, -0.15) is 0 Å². The Morgan fingerprint density at radius 3 is 0.917 bits per heavy atom. The molecule has 0 fully saturated rings. The molecule has 0 atom stereocenters. The van der Waals surface area contributed by atoms with Crippen LogP contribution in [-0.4, -0.2) is 5.91 Å². The van der Waals surface area contributed by atoms with Gasteiger partial charge in [0.2, 0.25) is 5.91 Å². The lowest BCUT2D eigenvalue weighted by molar-refractivity contribution is -0.114. The number of carbonyl (C=O) groups excluding carboxylic acids is 1. The van der Waals surface area contributed by atoms with Crippen molar-refractivity contribution >= 4 is 5.91 Å². The number of hydrogen-bond donors (Lipinski definition) is 1. The summed E-state index contributed by atoms with van der Waals surface area (Å²) in [5.41, 5.74) is 8.33. The quantitative estimate of drug-likeness (QED) is 0.0796. The van der Waals surface area contributed by atoms with Gasteiger partial charge >= 0.3 is 0 Å². The van der Waals surface area contributed by atoms with E-state index >= 15 is 0 Å². The van der Waals surface area contributed by atoms with Crippen molar-refractivity contribution in [1.29, 1.82) is 0 Å². The summed E-state index contributed by atoms with van der Waals surface area (Å²) in [5.74, 6) is -0.140. The summed E-state index contributed by atoms with van der Waals surface area (Å²) >= 11 is 0. The highest BCUT2D eigenvalue weighted by Gasteiger charge is 2.12. The fourth-order valence-corrected chi connectivity index (χ4v) is 5.46. The molecule has 2 N–H and O–H groups in total. The largest absolute Gasteiger partial charge is 0.366 e. The minimum atomic E-state index is -0.140. The number of hydrogen-bond acceptors (Lipinski definition) is 1. The van der Waals surface area contributed by atoms with Crippen molar-refractivity contribution in [1.82, 2.24) is 0 Å². The normalized spacial score (nSPS) is 12.2. The van der Waals surface area contributed by atoms with Crippen molar-refractivity contribution in [3.63, 3.8) is 0 Å². The van der Waals surface area contributed by atoms with Gasteiger partial charge in [0.25, 0.3) is 0 Å². The highest BCUT2D eigenvalue weighted by Crippen LogP contribution is 2.25. The van der Waals surface area contributed by atoms with Crippen LogP contribution in [-0.2, 0) is 4.79 Å². The molecular weight excluding hydrogens is 438 g/mol. The van der Waals surface area contributed by atoms with Crippen LogP contribution in [0.2, 0.25) is 0 Å². The summed E-state index contributed by atoms with van der Waals surface area (Å²) in [5, 5.41) is 0. The average molecular weight is 506 g/mol. The highest BCUT2D eigenvalue weighted by molar-refractivity contribution is 5.92. The summed E-state index contributed by atoms with van der Waals surface area (Å²) in [6.07, 6.45) is 36.6. The zero-order valence-electron chi connectivity index (χ0n) is 25.3. The van der Waals surface area contributed by atoms with Crippen LogP contribution < -0.4 is 5.73 Å². The highest BCUT2D eigenvalue weighted by atomic mass is 16.1. The van der Waals surface area contributed by atoms with Gasteiger partial charge in [-0.1, -0.05) is 168 Å². The molecule has 0 unspecified atom stereocenters. The van der Waals surface area contributed by atoms with E-state index in [2.05, 4.69) is 20.8 Å². The van der Waals surface area contributed by atoms with Gasteiger partial charge in [0.1, 0.15) is 0 Å². The molecule has 0 radical (unpaired) electrons. The monoisotopic (exact) mass is 506 g/mol. The van der Waals surface area contributed by atoms with E-state index in [1.165, 1.54) is 160 Å². The maximum absolute atomic E-state index is 12.4. The van der Waals surface area contributed by atoms with Gasteiger partial charge in [0, 0.05) is 5.57 Å². The lowest BCUT2D eigenvalue weighted by Crippen LogP contribution is -2.16. The number of nitrogens with two attached hydrogens (primary N) is 1. The molecule has 0 aromatic heterocycles. The lowest BCUT2D eigenvalue weighted by Gasteiger charge is -2.14. The van der Waals surface area contributed by atoms with Gasteiger partial charge in [0.15, 0.2) is 0 Å². The third-order valence-electron chi connectivity index (χ3n) is 7.92. The summed E-state index contributed by atoms with van der Waals surface area (Å²) < 4.78 is 0. The van der Waals surface area contributed by atoms with Crippen LogP contribution in [0.5, 0.6) is 0 Å². The molecule has 2 heteroatoms. The smallest absolute Gasteiger partial charge is 0.244 e. The van der Waals surface area contributed by atoms with E-state index in [1.807, 2.05) is 0 Å². The molecule has 0 aliphatic heterocycles. The van der Waals surface area contributed by atoms with E-state index < -0.39 is 0 Å². The van der Waals surface area contributed by atoms with Gasteiger partial charge in [0.05, 0.1) is 0 Å². The Morgan fingerprint density at radius 2 is 0.639 bits per heavy atom. The molecule has 36 heavy (non-hydrogen) atoms. The van der Waals surface area contributed by atoms with E-state index in [0.717, 1.165) is 31.3 Å². The van der Waals surface area contributed by atoms with Crippen LogP contribution >= 0.6 is 0 Å². The van der Waals surface area contributed by atoms with Gasteiger partial charge in [-0.05, 0) is 38.5 Å². The van der Waals surface area contributed by atoms with Gasteiger partial charge in [-0.3, -0.25) is 4.79 Å². The predicted octanol–water partition coefficient (Wildman–Crippen LogP) is 11.8. The van der Waals surface area contributed by atoms with Gasteiger partial charge in [-0.25, -0.2) is 0 Å². The Morgan fingerprint density at radius 1 is 0.389 bits per heavy atom. The number of amides is 1. The molecule has 0 bridgehead atoms. The number of rotatable bonds is 29. The van der Waals surface area contributed by atoms with Crippen LogP contribution in [0.4, 0.5) is 0 Å². The first-order valence-corrected chi connectivity index (χ1v) is 16.7. The van der Waals surface area contributed by atoms with E-state index in [9.17, 15) is 4.79 Å². The van der Waals surface area contributed by atoms with Crippen molar-refractivity contribution in [3.8, 4) is 0 Å². The number of unbranched alkanes of at least 4 members (excludes halogenated alkanes) is 22. The Balaban J connectivity index is 4.33. The number of primary amides is 1. The molecule has 0 aromatic carbocycles. The molecule has 0 spiro atoms. The predicted molar refractivity (Wildman–Crippen MR) is 163 cm³/mol. The van der Waals surface area contributed by atoms with Crippen LogP contribution in [0.25, 0.3) is 0 Å². The zero-order valence-corrected chi connectivity index (χ0v) is 25.3. The Kier molecular flexibility index (Phi) is 28.1. The molecule has 0 aromatic rings. The maximum Gasteiger partial charge on any atom is 0.244 e. The second-order valence-electron chi connectivity index (χ2n) is 11.5. The first-order chi connectivity index (χ1) is 17.7. The minimum Gasteiger partial charge on any atom is -0.366 e. The lowest BCUT2D eigenvalue weighted by atomic mass is 9.92. The fourth-order valence-electron chi connectivity index (χ4n) is 5.46. The molecule has 0 rings (SSSR count). The molecule has 1 amide bonds. The third-order valence-corrected chi connectivity index (χ3v) is 7.92. The van der Waals surface area contributed by atoms with Crippen LogP contribution in [0.3, 0.4) is 0 Å². The molecule has 214 valence electrons. The van der Waals surface area contributed by atoms with Crippen molar-refractivity contribution in [3.05, 3.63) is 11.1 Å². The van der Waals surface area contributed by atoms with Gasteiger partial charge in [-0.15, -0.1) is 0 Å². The molecule has 2 nitrogen and oxygen atoms in total. The zero-order chi connectivity index (χ0) is 26.5.